The summed E-state index contributed by atoms with van der Waals surface area (Å²) in [7, 11) is 0. The first-order valence-electron chi connectivity index (χ1n) is 6.53. The Morgan fingerprint density at radius 1 is 1.05 bits per heavy atom. The summed E-state index contributed by atoms with van der Waals surface area (Å²) in [6, 6.07) is 16.0. The van der Waals surface area contributed by atoms with Crippen molar-refractivity contribution in [3.8, 4) is 17.1 Å². The molecule has 106 valence electrons. The number of para-hydroxylation sites is 1. The predicted molar refractivity (Wildman–Crippen MR) is 89.2 cm³/mol. The third-order valence-corrected chi connectivity index (χ3v) is 4.30. The van der Waals surface area contributed by atoms with Gasteiger partial charge < -0.3 is 0 Å². The molecule has 1 aromatic heterocycles. The van der Waals surface area contributed by atoms with Gasteiger partial charge in [0.1, 0.15) is 5.82 Å². The van der Waals surface area contributed by atoms with Gasteiger partial charge in [0, 0.05) is 11.3 Å². The molecule has 0 fully saturated rings. The van der Waals surface area contributed by atoms with Crippen molar-refractivity contribution in [2.75, 3.05) is 0 Å². The van der Waals surface area contributed by atoms with E-state index in [1.807, 2.05) is 60.0 Å². The van der Waals surface area contributed by atoms with E-state index in [2.05, 4.69) is 26.1 Å². The van der Waals surface area contributed by atoms with E-state index in [-0.39, 0.29) is 0 Å². The number of hydrogen-bond donors (Lipinski definition) is 0. The first-order chi connectivity index (χ1) is 10.2. The first-order valence-corrected chi connectivity index (χ1v) is 8.03. The van der Waals surface area contributed by atoms with Crippen LogP contribution in [-0.4, -0.2) is 14.8 Å². The molecule has 0 aliphatic heterocycles. The van der Waals surface area contributed by atoms with Crippen molar-refractivity contribution in [3.05, 3.63) is 64.9 Å². The van der Waals surface area contributed by atoms with E-state index in [9.17, 15) is 0 Å². The van der Waals surface area contributed by atoms with Gasteiger partial charge in [0.05, 0.1) is 10.4 Å². The zero-order chi connectivity index (χ0) is 14.8. The molecule has 0 aliphatic carbocycles. The largest absolute Gasteiger partial charge is 0.278 e. The highest BCUT2D eigenvalue weighted by atomic mass is 79.9. The lowest BCUT2D eigenvalue weighted by Crippen LogP contribution is -2.02. The lowest BCUT2D eigenvalue weighted by Gasteiger charge is -2.11. The average Bonchev–Trinajstić information content (AvgIpc) is 2.94. The fourth-order valence-electron chi connectivity index (χ4n) is 2.25. The Morgan fingerprint density at radius 3 is 2.52 bits per heavy atom. The fraction of sp³-hybridized carbons (Fsp3) is 0.125. The standard InChI is InChI=1S/C16H13BrClN3/c1-11-6-5-9-13(15(11)18)16-20-19-14(10-17)21(16)12-7-3-2-4-8-12/h2-9H,10H2,1H3. The minimum Gasteiger partial charge on any atom is -0.278 e. The molecular formula is C16H13BrClN3. The van der Waals surface area contributed by atoms with Crippen LogP contribution in [0.5, 0.6) is 0 Å². The molecule has 1 heterocycles. The van der Waals surface area contributed by atoms with Gasteiger partial charge in [-0.25, -0.2) is 0 Å². The Hall–Kier alpha value is -1.65. The highest BCUT2D eigenvalue weighted by Crippen LogP contribution is 2.31. The van der Waals surface area contributed by atoms with Crippen molar-refractivity contribution in [1.82, 2.24) is 14.8 Å². The fourth-order valence-corrected chi connectivity index (χ4v) is 2.82. The molecule has 5 heteroatoms. The summed E-state index contributed by atoms with van der Waals surface area (Å²) in [5.41, 5.74) is 2.93. The molecule has 0 bridgehead atoms. The quantitative estimate of drug-likeness (QED) is 0.627. The monoisotopic (exact) mass is 361 g/mol. The molecule has 0 radical (unpaired) electrons. The Balaban J connectivity index is 2.25. The van der Waals surface area contributed by atoms with Crippen molar-refractivity contribution >= 4 is 27.5 Å². The van der Waals surface area contributed by atoms with Crippen LogP contribution in [0.15, 0.2) is 48.5 Å². The van der Waals surface area contributed by atoms with Gasteiger partial charge in [-0.15, -0.1) is 10.2 Å². The Morgan fingerprint density at radius 2 is 1.81 bits per heavy atom. The van der Waals surface area contributed by atoms with Crippen LogP contribution < -0.4 is 0 Å². The third kappa shape index (κ3) is 2.61. The van der Waals surface area contributed by atoms with Crippen LogP contribution in [0, 0.1) is 6.92 Å². The summed E-state index contributed by atoms with van der Waals surface area (Å²) in [4.78, 5) is 0. The maximum absolute atomic E-state index is 6.45. The molecular weight excluding hydrogens is 350 g/mol. The van der Waals surface area contributed by atoms with Gasteiger partial charge in [-0.2, -0.15) is 0 Å². The number of aryl methyl sites for hydroxylation is 1. The lowest BCUT2D eigenvalue weighted by atomic mass is 10.1. The predicted octanol–water partition coefficient (Wildman–Crippen LogP) is 4.79. The number of alkyl halides is 1. The first kappa shape index (κ1) is 14.3. The Kier molecular flexibility index (Phi) is 4.08. The summed E-state index contributed by atoms with van der Waals surface area (Å²) in [6.45, 7) is 1.99. The van der Waals surface area contributed by atoms with Crippen molar-refractivity contribution in [2.45, 2.75) is 12.3 Å². The smallest absolute Gasteiger partial charge is 0.170 e. The second kappa shape index (κ2) is 6.00. The minimum absolute atomic E-state index is 0.623. The molecule has 3 rings (SSSR count). The molecule has 3 aromatic rings. The number of hydrogen-bond acceptors (Lipinski definition) is 2. The summed E-state index contributed by atoms with van der Waals surface area (Å²) in [5, 5.41) is 9.93. The summed E-state index contributed by atoms with van der Waals surface area (Å²) >= 11 is 9.91. The number of nitrogens with zero attached hydrogens (tertiary/aromatic N) is 3. The normalized spacial score (nSPS) is 10.8. The summed E-state index contributed by atoms with van der Waals surface area (Å²) < 4.78 is 2.02. The van der Waals surface area contributed by atoms with Gasteiger partial charge >= 0.3 is 0 Å². The van der Waals surface area contributed by atoms with Gasteiger partial charge in [0.25, 0.3) is 0 Å². The third-order valence-electron chi connectivity index (χ3n) is 3.30. The van der Waals surface area contributed by atoms with Gasteiger partial charge in [-0.1, -0.05) is 57.9 Å². The molecule has 0 N–H and O–H groups in total. The zero-order valence-corrected chi connectivity index (χ0v) is 13.8. The highest BCUT2D eigenvalue weighted by Gasteiger charge is 2.17. The van der Waals surface area contributed by atoms with Gasteiger partial charge in [-0.3, -0.25) is 4.57 Å². The van der Waals surface area contributed by atoms with E-state index in [0.717, 1.165) is 28.5 Å². The van der Waals surface area contributed by atoms with Crippen LogP contribution in [0.4, 0.5) is 0 Å². The maximum atomic E-state index is 6.45. The van der Waals surface area contributed by atoms with Crippen LogP contribution in [0.25, 0.3) is 17.1 Å². The van der Waals surface area contributed by atoms with Crippen molar-refractivity contribution in [3.63, 3.8) is 0 Å². The summed E-state index contributed by atoms with van der Waals surface area (Å²) in [6.07, 6.45) is 0. The number of rotatable bonds is 3. The molecule has 3 nitrogen and oxygen atoms in total. The number of aromatic nitrogens is 3. The van der Waals surface area contributed by atoms with Crippen LogP contribution in [0.3, 0.4) is 0 Å². The second-order valence-corrected chi connectivity index (χ2v) is 5.62. The number of halogens is 2. The van der Waals surface area contributed by atoms with Crippen LogP contribution >= 0.6 is 27.5 Å². The van der Waals surface area contributed by atoms with Crippen molar-refractivity contribution in [2.24, 2.45) is 0 Å². The van der Waals surface area contributed by atoms with Crippen LogP contribution in [-0.2, 0) is 5.33 Å². The van der Waals surface area contributed by atoms with Crippen molar-refractivity contribution in [1.29, 1.82) is 0 Å². The maximum Gasteiger partial charge on any atom is 0.170 e. The van der Waals surface area contributed by atoms with E-state index in [0.29, 0.717) is 10.4 Å². The van der Waals surface area contributed by atoms with E-state index in [1.54, 1.807) is 0 Å². The molecule has 0 saturated carbocycles. The molecule has 21 heavy (non-hydrogen) atoms. The molecule has 0 unspecified atom stereocenters. The molecule has 2 aromatic carbocycles. The van der Waals surface area contributed by atoms with Gasteiger partial charge in [0.15, 0.2) is 5.82 Å². The van der Waals surface area contributed by atoms with E-state index >= 15 is 0 Å². The van der Waals surface area contributed by atoms with Gasteiger partial charge in [-0.05, 0) is 30.7 Å². The van der Waals surface area contributed by atoms with Crippen molar-refractivity contribution < 1.29 is 0 Å². The number of benzene rings is 2. The zero-order valence-electron chi connectivity index (χ0n) is 11.4. The molecule has 0 amide bonds. The molecule has 0 aliphatic rings. The second-order valence-electron chi connectivity index (χ2n) is 4.68. The highest BCUT2D eigenvalue weighted by molar-refractivity contribution is 9.08. The van der Waals surface area contributed by atoms with Crippen LogP contribution in [0.1, 0.15) is 11.4 Å². The van der Waals surface area contributed by atoms with E-state index < -0.39 is 0 Å². The Bertz CT molecular complexity index is 768. The molecule has 0 atom stereocenters. The van der Waals surface area contributed by atoms with E-state index in [4.69, 9.17) is 11.6 Å². The lowest BCUT2D eigenvalue weighted by molar-refractivity contribution is 0.962. The molecule has 0 spiro atoms. The Labute approximate surface area is 136 Å². The molecule has 0 saturated heterocycles. The minimum atomic E-state index is 0.623. The summed E-state index contributed by atoms with van der Waals surface area (Å²) in [5.74, 6) is 1.60. The topological polar surface area (TPSA) is 30.7 Å². The average molecular weight is 363 g/mol. The van der Waals surface area contributed by atoms with E-state index in [1.165, 1.54) is 0 Å². The SMILES string of the molecule is Cc1cccc(-c2nnc(CBr)n2-c2ccccc2)c1Cl. The van der Waals surface area contributed by atoms with Crippen LogP contribution in [0.2, 0.25) is 5.02 Å². The van der Waals surface area contributed by atoms with Gasteiger partial charge in [0.2, 0.25) is 0 Å².